The SMILES string of the molecule is c1ccc(CN2CCN3CCN(CC3)C(C3NCCN4CCN(CC4)Cc4cccc3n4)c3cccc(n3)C2)nc1. The lowest BCUT2D eigenvalue weighted by Gasteiger charge is -2.43. The molecule has 2 atom stereocenters. The third-order valence-electron chi connectivity index (χ3n) is 9.27. The molecule has 6 aliphatic rings. The highest BCUT2D eigenvalue weighted by Crippen LogP contribution is 2.34. The Labute approximate surface area is 244 Å². The summed E-state index contributed by atoms with van der Waals surface area (Å²) >= 11 is 0. The van der Waals surface area contributed by atoms with Gasteiger partial charge in [0.2, 0.25) is 0 Å². The topological polar surface area (TPSA) is 66.9 Å². The summed E-state index contributed by atoms with van der Waals surface area (Å²) in [6, 6.07) is 19.7. The standard InChI is InChI=1S/C32H43N9/c1-2-10-33-26(5-1)23-40-18-15-38-19-21-41(22-20-38)32(30-9-4-7-28(25-40)36-30)31-29-8-3-6-27(35-29)24-39-16-13-37(14-17-39)12-11-34-31/h1-10,31-32,34H,11-25H2. The van der Waals surface area contributed by atoms with Crippen molar-refractivity contribution >= 4 is 0 Å². The summed E-state index contributed by atoms with van der Waals surface area (Å²) in [6.07, 6.45) is 1.90. The lowest BCUT2D eigenvalue weighted by atomic mass is 9.96. The molecule has 2 fully saturated rings. The largest absolute Gasteiger partial charge is 0.306 e. The number of aromatic nitrogens is 3. The second-order valence-corrected chi connectivity index (χ2v) is 12.0. The maximum atomic E-state index is 5.37. The second kappa shape index (κ2) is 12.6. The van der Waals surface area contributed by atoms with E-state index in [0.717, 1.165) is 121 Å². The van der Waals surface area contributed by atoms with Gasteiger partial charge in [0.1, 0.15) is 0 Å². The normalized spacial score (nSPS) is 30.9. The summed E-state index contributed by atoms with van der Waals surface area (Å²) in [5.41, 5.74) is 5.70. The van der Waals surface area contributed by atoms with Crippen LogP contribution in [0.2, 0.25) is 0 Å². The molecule has 3 aromatic rings. The van der Waals surface area contributed by atoms with Gasteiger partial charge in [0.15, 0.2) is 0 Å². The zero-order valence-corrected chi connectivity index (χ0v) is 24.1. The molecule has 0 radical (unpaired) electrons. The number of rotatable bonds is 3. The fourth-order valence-electron chi connectivity index (χ4n) is 6.95. The molecule has 8 bridgehead atoms. The molecule has 3 aromatic heterocycles. The van der Waals surface area contributed by atoms with Gasteiger partial charge in [0.05, 0.1) is 40.6 Å². The molecule has 9 heterocycles. The average molecular weight is 554 g/mol. The van der Waals surface area contributed by atoms with Gasteiger partial charge >= 0.3 is 0 Å². The van der Waals surface area contributed by atoms with Gasteiger partial charge in [-0.3, -0.25) is 39.5 Å². The maximum Gasteiger partial charge on any atom is 0.0734 e. The van der Waals surface area contributed by atoms with Gasteiger partial charge in [0.25, 0.3) is 0 Å². The Morgan fingerprint density at radius 3 is 2.12 bits per heavy atom. The van der Waals surface area contributed by atoms with E-state index in [4.69, 9.17) is 9.97 Å². The van der Waals surface area contributed by atoms with E-state index >= 15 is 0 Å². The van der Waals surface area contributed by atoms with E-state index in [0.29, 0.717) is 0 Å². The first-order valence-electron chi connectivity index (χ1n) is 15.5. The van der Waals surface area contributed by atoms with Crippen molar-refractivity contribution in [3.63, 3.8) is 0 Å². The average Bonchev–Trinajstić information content (AvgIpc) is 3.01. The van der Waals surface area contributed by atoms with Gasteiger partial charge in [-0.1, -0.05) is 18.2 Å². The zero-order valence-electron chi connectivity index (χ0n) is 24.1. The molecule has 9 heteroatoms. The third-order valence-corrected chi connectivity index (χ3v) is 9.27. The van der Waals surface area contributed by atoms with E-state index in [1.807, 2.05) is 12.3 Å². The molecule has 2 unspecified atom stereocenters. The van der Waals surface area contributed by atoms with Crippen molar-refractivity contribution in [2.24, 2.45) is 0 Å². The maximum absolute atomic E-state index is 5.37. The van der Waals surface area contributed by atoms with Crippen LogP contribution in [0.5, 0.6) is 0 Å². The Morgan fingerprint density at radius 2 is 1.32 bits per heavy atom. The number of nitrogens with zero attached hydrogens (tertiary/aromatic N) is 8. The Bertz CT molecular complexity index is 1270. The summed E-state index contributed by atoms with van der Waals surface area (Å²) in [7, 11) is 0. The monoisotopic (exact) mass is 553 g/mol. The molecule has 1 N–H and O–H groups in total. The van der Waals surface area contributed by atoms with Crippen molar-refractivity contribution in [2.45, 2.75) is 31.7 Å². The quantitative estimate of drug-likeness (QED) is 0.525. The number of hydrogen-bond donors (Lipinski definition) is 1. The minimum Gasteiger partial charge on any atom is -0.306 e. The lowest BCUT2D eigenvalue weighted by Crippen LogP contribution is -2.53. The molecular formula is C32H43N9. The fraction of sp³-hybridized carbons (Fsp3) is 0.531. The van der Waals surface area contributed by atoms with Gasteiger partial charge < -0.3 is 5.32 Å². The number of fused-ring (bicyclic) bond motifs is 11. The van der Waals surface area contributed by atoms with Gasteiger partial charge in [-0.2, -0.15) is 0 Å². The van der Waals surface area contributed by atoms with Crippen LogP contribution in [-0.4, -0.2) is 118 Å². The molecule has 216 valence electrons. The predicted molar refractivity (Wildman–Crippen MR) is 160 cm³/mol. The van der Waals surface area contributed by atoms with Crippen molar-refractivity contribution in [1.29, 1.82) is 0 Å². The van der Waals surface area contributed by atoms with Crippen LogP contribution in [0.15, 0.2) is 60.8 Å². The molecule has 41 heavy (non-hydrogen) atoms. The number of pyridine rings is 3. The number of nitrogens with one attached hydrogen (secondary N) is 1. The second-order valence-electron chi connectivity index (χ2n) is 12.0. The molecule has 0 spiro atoms. The van der Waals surface area contributed by atoms with Crippen molar-refractivity contribution < 1.29 is 0 Å². The highest BCUT2D eigenvalue weighted by Gasteiger charge is 2.35. The molecule has 2 saturated heterocycles. The van der Waals surface area contributed by atoms with Crippen LogP contribution in [-0.2, 0) is 19.6 Å². The predicted octanol–water partition coefficient (Wildman–Crippen LogP) is 2.01. The van der Waals surface area contributed by atoms with Crippen molar-refractivity contribution in [1.82, 2.24) is 44.8 Å². The van der Waals surface area contributed by atoms with Crippen molar-refractivity contribution in [3.05, 3.63) is 89.3 Å². The molecule has 0 amide bonds. The Morgan fingerprint density at radius 1 is 0.634 bits per heavy atom. The van der Waals surface area contributed by atoms with E-state index in [2.05, 4.69) is 83.3 Å². The molecule has 0 saturated carbocycles. The smallest absolute Gasteiger partial charge is 0.0734 e. The molecule has 0 aromatic carbocycles. The first kappa shape index (κ1) is 27.1. The van der Waals surface area contributed by atoms with E-state index in [1.54, 1.807) is 0 Å². The Balaban J connectivity index is 1.24. The molecule has 0 aliphatic carbocycles. The van der Waals surface area contributed by atoms with Crippen LogP contribution in [0.25, 0.3) is 0 Å². The third kappa shape index (κ3) is 6.51. The van der Waals surface area contributed by atoms with E-state index in [9.17, 15) is 0 Å². The summed E-state index contributed by atoms with van der Waals surface area (Å²) in [5.74, 6) is 0. The van der Waals surface area contributed by atoms with Crippen LogP contribution in [0.1, 0.15) is 40.6 Å². The van der Waals surface area contributed by atoms with Crippen molar-refractivity contribution in [3.8, 4) is 0 Å². The van der Waals surface area contributed by atoms with E-state index < -0.39 is 0 Å². The molecule has 6 aliphatic heterocycles. The van der Waals surface area contributed by atoms with Gasteiger partial charge in [0, 0.05) is 104 Å². The zero-order chi connectivity index (χ0) is 27.4. The Kier molecular flexibility index (Phi) is 8.32. The number of piperazine rings is 2. The minimum absolute atomic E-state index is 0.0750. The van der Waals surface area contributed by atoms with Crippen LogP contribution in [0, 0.1) is 0 Å². The summed E-state index contributed by atoms with van der Waals surface area (Å²) in [4.78, 5) is 28.3. The van der Waals surface area contributed by atoms with Crippen LogP contribution >= 0.6 is 0 Å². The minimum atomic E-state index is 0.0750. The Hall–Kier alpha value is -2.79. The van der Waals surface area contributed by atoms with Crippen LogP contribution < -0.4 is 5.32 Å². The highest BCUT2D eigenvalue weighted by atomic mass is 15.3. The summed E-state index contributed by atoms with van der Waals surface area (Å²) in [6.45, 7) is 15.4. The van der Waals surface area contributed by atoms with Gasteiger partial charge in [-0.05, 0) is 36.4 Å². The molecule has 9 nitrogen and oxygen atoms in total. The van der Waals surface area contributed by atoms with Gasteiger partial charge in [-0.15, -0.1) is 0 Å². The van der Waals surface area contributed by atoms with Crippen molar-refractivity contribution in [2.75, 3.05) is 78.5 Å². The fourth-order valence-corrected chi connectivity index (χ4v) is 6.95. The highest BCUT2D eigenvalue weighted by molar-refractivity contribution is 5.23. The number of hydrogen-bond acceptors (Lipinski definition) is 9. The van der Waals surface area contributed by atoms with Gasteiger partial charge in [-0.25, -0.2) is 0 Å². The van der Waals surface area contributed by atoms with E-state index in [1.165, 1.54) is 5.69 Å². The van der Waals surface area contributed by atoms with E-state index in [-0.39, 0.29) is 12.1 Å². The van der Waals surface area contributed by atoms with Crippen LogP contribution in [0.3, 0.4) is 0 Å². The molecule has 9 rings (SSSR count). The summed E-state index contributed by atoms with van der Waals surface area (Å²) < 4.78 is 0. The first-order valence-corrected chi connectivity index (χ1v) is 15.5. The molecular weight excluding hydrogens is 510 g/mol. The lowest BCUT2D eigenvalue weighted by molar-refractivity contribution is 0.0634. The first-order chi connectivity index (χ1) is 20.3. The summed E-state index contributed by atoms with van der Waals surface area (Å²) in [5, 5.41) is 4.01. The van der Waals surface area contributed by atoms with Crippen LogP contribution in [0.4, 0.5) is 0 Å².